The van der Waals surface area contributed by atoms with Crippen molar-refractivity contribution in [1.82, 2.24) is 10.2 Å². The number of methoxy groups -OCH3 is 1. The van der Waals surface area contributed by atoms with Crippen molar-refractivity contribution in [2.24, 2.45) is 0 Å². The first kappa shape index (κ1) is 30.5. The minimum Gasteiger partial charge on any atom is -0.507 e. The molecule has 1 fully saturated rings. The van der Waals surface area contributed by atoms with Crippen LogP contribution in [0.3, 0.4) is 0 Å². The van der Waals surface area contributed by atoms with Gasteiger partial charge >= 0.3 is 5.91 Å². The Morgan fingerprint density at radius 3 is 2.64 bits per heavy atom. The number of anilines is 1. The van der Waals surface area contributed by atoms with Gasteiger partial charge in [0.05, 0.1) is 23.2 Å². The second kappa shape index (κ2) is 12.5. The van der Waals surface area contributed by atoms with Gasteiger partial charge < -0.3 is 24.4 Å². The summed E-state index contributed by atoms with van der Waals surface area (Å²) in [5.74, 6) is -0.995. The number of hydrogen-bond donors (Lipinski definition) is 2. The van der Waals surface area contributed by atoms with E-state index in [4.69, 9.17) is 37.4 Å². The van der Waals surface area contributed by atoms with Gasteiger partial charge in [0.1, 0.15) is 19.0 Å². The molecule has 0 saturated carbocycles. The van der Waals surface area contributed by atoms with E-state index in [-0.39, 0.29) is 32.2 Å². The molecule has 2 aliphatic heterocycles. The van der Waals surface area contributed by atoms with Crippen molar-refractivity contribution in [3.8, 4) is 23.0 Å². The van der Waals surface area contributed by atoms with E-state index < -0.39 is 23.5 Å². The molecule has 4 aromatic rings. The molecule has 1 atom stereocenters. The first-order valence-corrected chi connectivity index (χ1v) is 16.2. The van der Waals surface area contributed by atoms with Crippen LogP contribution in [0.2, 0.25) is 10.0 Å². The number of thioether (sulfide) groups is 1. The van der Waals surface area contributed by atoms with Gasteiger partial charge in [-0.15, -0.1) is 10.2 Å². The second-order valence-electron chi connectivity index (χ2n) is 9.46. The largest absolute Gasteiger partial charge is 0.507 e. The third-order valence-corrected chi connectivity index (χ3v) is 10.1. The molecule has 0 bridgehead atoms. The number of aromatic nitrogens is 2. The van der Waals surface area contributed by atoms with Gasteiger partial charge in [-0.05, 0) is 69.5 Å². The maximum Gasteiger partial charge on any atom is 0.301 e. The first-order chi connectivity index (χ1) is 21.2. The number of halogens is 3. The topological polar surface area (TPSA) is 131 Å². The van der Waals surface area contributed by atoms with Crippen LogP contribution in [-0.2, 0) is 15.3 Å². The van der Waals surface area contributed by atoms with Crippen LogP contribution >= 0.6 is 62.2 Å². The van der Waals surface area contributed by atoms with Gasteiger partial charge in [-0.1, -0.05) is 52.4 Å². The molecule has 1 amide bonds. The number of ketones is 1. The number of carbonyl (C=O) groups is 2. The standard InChI is InChI=1S/C29H20BrCl2N3O7S2/c1-40-21-10-15(8-17(30)25(21)37)23-22(24(36)13-3-5-19-20(9-13)42-7-6-41-19)26(38)27(39)35(23)28-33-34-29(44-28)43-12-14-2-4-16(31)11-18(14)32/h2-5,8-11,23,36-37H,6-7,12H2,1H3/b24-22+. The Kier molecular flexibility index (Phi) is 8.66. The lowest BCUT2D eigenvalue weighted by Crippen LogP contribution is -2.29. The number of aliphatic hydroxyl groups is 1. The summed E-state index contributed by atoms with van der Waals surface area (Å²) in [4.78, 5) is 28.5. The molecule has 0 aliphatic carbocycles. The summed E-state index contributed by atoms with van der Waals surface area (Å²) in [5.41, 5.74) is 1.25. The zero-order chi connectivity index (χ0) is 31.1. The number of phenolic OH excluding ortho intramolecular Hbond substituents is 1. The first-order valence-electron chi connectivity index (χ1n) is 12.8. The van der Waals surface area contributed by atoms with Gasteiger partial charge in [0.25, 0.3) is 5.78 Å². The quantitative estimate of drug-likeness (QED) is 0.0672. The molecule has 0 spiro atoms. The number of rotatable bonds is 7. The molecule has 1 saturated heterocycles. The molecule has 6 rings (SSSR count). The van der Waals surface area contributed by atoms with E-state index >= 15 is 0 Å². The highest BCUT2D eigenvalue weighted by Gasteiger charge is 2.49. The third kappa shape index (κ3) is 5.70. The van der Waals surface area contributed by atoms with E-state index in [0.29, 0.717) is 50.4 Å². The van der Waals surface area contributed by atoms with Crippen molar-refractivity contribution in [1.29, 1.82) is 0 Å². The predicted octanol–water partition coefficient (Wildman–Crippen LogP) is 7.01. The summed E-state index contributed by atoms with van der Waals surface area (Å²) < 4.78 is 17.3. The fourth-order valence-corrected chi connectivity index (χ4v) is 7.62. The molecule has 1 unspecified atom stereocenters. The number of carbonyl (C=O) groups excluding carboxylic acids is 2. The Morgan fingerprint density at radius 1 is 1.11 bits per heavy atom. The number of nitrogens with zero attached hydrogens (tertiary/aromatic N) is 3. The molecule has 3 heterocycles. The lowest BCUT2D eigenvalue weighted by atomic mass is 9.95. The number of benzene rings is 3. The summed E-state index contributed by atoms with van der Waals surface area (Å²) in [7, 11) is 1.37. The number of hydrogen-bond acceptors (Lipinski definition) is 11. The molecule has 15 heteroatoms. The number of Topliss-reactive ketones (excluding diaryl/α,β-unsaturated/α-hetero) is 1. The number of phenols is 1. The van der Waals surface area contributed by atoms with Crippen molar-refractivity contribution < 1.29 is 34.0 Å². The lowest BCUT2D eigenvalue weighted by Gasteiger charge is -2.24. The Morgan fingerprint density at radius 2 is 1.89 bits per heavy atom. The maximum atomic E-state index is 13.6. The van der Waals surface area contributed by atoms with E-state index in [2.05, 4.69) is 26.1 Å². The maximum absolute atomic E-state index is 13.6. The number of aliphatic hydroxyl groups excluding tert-OH is 1. The van der Waals surface area contributed by atoms with Crippen LogP contribution in [0.5, 0.6) is 23.0 Å². The summed E-state index contributed by atoms with van der Waals surface area (Å²) in [6.07, 6.45) is 0. The van der Waals surface area contributed by atoms with Crippen LogP contribution in [0.4, 0.5) is 5.13 Å². The molecular formula is C29H20BrCl2N3O7S2. The van der Waals surface area contributed by atoms with Gasteiger partial charge in [-0.2, -0.15) is 0 Å². The van der Waals surface area contributed by atoms with Crippen molar-refractivity contribution in [3.63, 3.8) is 0 Å². The molecule has 10 nitrogen and oxygen atoms in total. The van der Waals surface area contributed by atoms with Gasteiger partial charge in [-0.3, -0.25) is 14.5 Å². The molecule has 226 valence electrons. The SMILES string of the molecule is COc1cc(C2/C(=C(\O)c3ccc4c(c3)OCCO4)C(=O)C(=O)N2c2nnc(SCc3ccc(Cl)cc3Cl)s2)cc(Br)c1O. The zero-order valence-corrected chi connectivity index (χ0v) is 27.3. The molecule has 0 radical (unpaired) electrons. The van der Waals surface area contributed by atoms with E-state index in [0.717, 1.165) is 16.9 Å². The molecule has 2 aliphatic rings. The van der Waals surface area contributed by atoms with Crippen molar-refractivity contribution >= 4 is 84.8 Å². The fraction of sp³-hybridized carbons (Fsp3) is 0.172. The third-order valence-electron chi connectivity index (χ3n) is 6.81. The average molecular weight is 737 g/mol. The lowest BCUT2D eigenvalue weighted by molar-refractivity contribution is -0.132. The number of ether oxygens (including phenoxy) is 3. The predicted molar refractivity (Wildman–Crippen MR) is 171 cm³/mol. The van der Waals surface area contributed by atoms with Gasteiger partial charge in [0, 0.05) is 21.4 Å². The molecule has 3 aromatic carbocycles. The highest BCUT2D eigenvalue weighted by Crippen LogP contribution is 2.47. The van der Waals surface area contributed by atoms with Crippen molar-refractivity contribution in [2.75, 3.05) is 25.2 Å². The minimum atomic E-state index is -1.15. The number of aromatic hydroxyl groups is 1. The van der Waals surface area contributed by atoms with E-state index in [1.165, 1.54) is 35.9 Å². The van der Waals surface area contributed by atoms with Crippen LogP contribution in [-0.4, -0.2) is 52.4 Å². The normalized spacial score (nSPS) is 17.3. The minimum absolute atomic E-state index is 0.0904. The summed E-state index contributed by atoms with van der Waals surface area (Å²) >= 11 is 18.1. The second-order valence-corrected chi connectivity index (χ2v) is 13.3. The smallest absolute Gasteiger partial charge is 0.301 e. The molecule has 44 heavy (non-hydrogen) atoms. The average Bonchev–Trinajstić information content (AvgIpc) is 3.59. The highest BCUT2D eigenvalue weighted by atomic mass is 79.9. The Labute approximate surface area is 277 Å². The van der Waals surface area contributed by atoms with Crippen LogP contribution in [0.1, 0.15) is 22.7 Å². The summed E-state index contributed by atoms with van der Waals surface area (Å²) in [5, 5.41) is 31.6. The zero-order valence-electron chi connectivity index (χ0n) is 22.5. The number of amides is 1. The Balaban J connectivity index is 1.43. The van der Waals surface area contributed by atoms with E-state index in [1.807, 2.05) is 6.07 Å². The monoisotopic (exact) mass is 735 g/mol. The van der Waals surface area contributed by atoms with Crippen molar-refractivity contribution in [3.05, 3.63) is 85.3 Å². The van der Waals surface area contributed by atoms with Gasteiger partial charge in [-0.25, -0.2) is 0 Å². The van der Waals surface area contributed by atoms with Crippen LogP contribution in [0, 0.1) is 0 Å². The van der Waals surface area contributed by atoms with Crippen LogP contribution < -0.4 is 19.1 Å². The Hall–Kier alpha value is -3.49. The van der Waals surface area contributed by atoms with E-state index in [1.54, 1.807) is 30.3 Å². The highest BCUT2D eigenvalue weighted by molar-refractivity contribution is 9.10. The molecule has 1 aromatic heterocycles. The van der Waals surface area contributed by atoms with Crippen molar-refractivity contribution in [2.45, 2.75) is 16.1 Å². The summed E-state index contributed by atoms with van der Waals surface area (Å²) in [6, 6.07) is 11.8. The fourth-order valence-electron chi connectivity index (χ4n) is 4.74. The van der Waals surface area contributed by atoms with Gasteiger partial charge in [0.15, 0.2) is 27.3 Å². The molecule has 2 N–H and O–H groups in total. The number of fused-ring (bicyclic) bond motifs is 1. The van der Waals surface area contributed by atoms with Crippen LogP contribution in [0.15, 0.2) is 62.9 Å². The van der Waals surface area contributed by atoms with E-state index in [9.17, 15) is 19.8 Å². The molecular weight excluding hydrogens is 717 g/mol. The van der Waals surface area contributed by atoms with Gasteiger partial charge in [0.2, 0.25) is 5.13 Å². The Bertz CT molecular complexity index is 1850. The summed E-state index contributed by atoms with van der Waals surface area (Å²) in [6.45, 7) is 0.709. The van der Waals surface area contributed by atoms with Crippen LogP contribution in [0.25, 0.3) is 5.76 Å².